The van der Waals surface area contributed by atoms with E-state index in [2.05, 4.69) is 20.5 Å². The SMILES string of the molecule is COc1ncccc1-c1ccc2c(N3CCOCC3)nc(-c3ccc(NC(=O)Nc4ccc(C(=O)N(C)C)cc4)cc3)nc2c1. The number of carbonyl (C=O) groups excluding carboxylic acids is 2. The number of nitrogens with one attached hydrogen (secondary N) is 2. The highest BCUT2D eigenvalue weighted by Crippen LogP contribution is 2.34. The van der Waals surface area contributed by atoms with E-state index in [0.717, 1.165) is 46.5 Å². The molecular weight excluding hydrogens is 570 g/mol. The van der Waals surface area contributed by atoms with Crippen molar-refractivity contribution in [2.45, 2.75) is 0 Å². The van der Waals surface area contributed by atoms with Crippen LogP contribution in [0.15, 0.2) is 85.1 Å². The van der Waals surface area contributed by atoms with Crippen LogP contribution in [0.3, 0.4) is 0 Å². The topological polar surface area (TPSA) is 122 Å². The van der Waals surface area contributed by atoms with Gasteiger partial charge in [-0.15, -0.1) is 0 Å². The van der Waals surface area contributed by atoms with Crippen LogP contribution >= 0.6 is 0 Å². The summed E-state index contributed by atoms with van der Waals surface area (Å²) in [4.78, 5) is 42.8. The number of methoxy groups -OCH3 is 1. The molecule has 45 heavy (non-hydrogen) atoms. The van der Waals surface area contributed by atoms with Gasteiger partial charge in [0.15, 0.2) is 5.82 Å². The molecule has 2 N–H and O–H groups in total. The van der Waals surface area contributed by atoms with E-state index in [9.17, 15) is 9.59 Å². The second-order valence-corrected chi connectivity index (χ2v) is 10.7. The summed E-state index contributed by atoms with van der Waals surface area (Å²) in [5, 5.41) is 6.59. The molecule has 3 aromatic carbocycles. The first kappa shape index (κ1) is 29.5. The predicted molar refractivity (Wildman–Crippen MR) is 175 cm³/mol. The van der Waals surface area contributed by atoms with Gasteiger partial charge < -0.3 is 29.9 Å². The van der Waals surface area contributed by atoms with Gasteiger partial charge in [0.05, 0.1) is 25.8 Å². The number of hydrogen-bond donors (Lipinski definition) is 2. The Morgan fingerprint density at radius 2 is 1.53 bits per heavy atom. The van der Waals surface area contributed by atoms with Gasteiger partial charge in [0.2, 0.25) is 5.88 Å². The zero-order valence-corrected chi connectivity index (χ0v) is 25.3. The molecule has 0 unspecified atom stereocenters. The third kappa shape index (κ3) is 6.53. The van der Waals surface area contributed by atoms with Crippen LogP contribution in [0.1, 0.15) is 10.4 Å². The summed E-state index contributed by atoms with van der Waals surface area (Å²) in [6.07, 6.45) is 1.70. The summed E-state index contributed by atoms with van der Waals surface area (Å²) in [6, 6.07) is 23.7. The molecule has 0 bridgehead atoms. The number of pyridine rings is 1. The lowest BCUT2D eigenvalue weighted by molar-refractivity contribution is 0.0827. The van der Waals surface area contributed by atoms with Gasteiger partial charge in [-0.3, -0.25) is 4.79 Å². The van der Waals surface area contributed by atoms with Crippen LogP contribution in [0.2, 0.25) is 0 Å². The molecule has 1 aliphatic heterocycles. The summed E-state index contributed by atoms with van der Waals surface area (Å²) in [6.45, 7) is 2.73. The smallest absolute Gasteiger partial charge is 0.323 e. The number of nitrogens with zero attached hydrogens (tertiary/aromatic N) is 5. The molecule has 2 aromatic heterocycles. The summed E-state index contributed by atoms with van der Waals surface area (Å²) in [7, 11) is 5.00. The van der Waals surface area contributed by atoms with Gasteiger partial charge in [-0.05, 0) is 78.4 Å². The molecule has 6 rings (SSSR count). The van der Waals surface area contributed by atoms with Crippen molar-refractivity contribution in [1.29, 1.82) is 0 Å². The van der Waals surface area contributed by atoms with Crippen LogP contribution in [-0.4, -0.2) is 79.3 Å². The maximum Gasteiger partial charge on any atom is 0.323 e. The molecule has 11 nitrogen and oxygen atoms in total. The van der Waals surface area contributed by atoms with E-state index < -0.39 is 6.03 Å². The van der Waals surface area contributed by atoms with E-state index in [1.807, 2.05) is 54.6 Å². The standard InChI is InChI=1S/C34H33N7O4/c1-40(2)33(42)23-8-13-26(14-9-23)37-34(43)36-25-11-6-22(7-12-25)30-38-29-21-24(27-5-4-16-35-32(27)44-3)10-15-28(29)31(39-30)41-17-19-45-20-18-41/h4-16,21H,17-20H2,1-3H3,(H2,36,37,43). The number of morpholine rings is 1. The van der Waals surface area contributed by atoms with Gasteiger partial charge in [-0.1, -0.05) is 6.07 Å². The van der Waals surface area contributed by atoms with Gasteiger partial charge >= 0.3 is 6.03 Å². The average Bonchev–Trinajstić information content (AvgIpc) is 3.08. The Kier molecular flexibility index (Phi) is 8.52. The maximum absolute atomic E-state index is 12.7. The van der Waals surface area contributed by atoms with Gasteiger partial charge in [0.25, 0.3) is 5.91 Å². The summed E-state index contributed by atoms with van der Waals surface area (Å²) in [5.41, 5.74) is 5.14. The van der Waals surface area contributed by atoms with Crippen LogP contribution in [-0.2, 0) is 4.74 Å². The molecule has 3 heterocycles. The summed E-state index contributed by atoms with van der Waals surface area (Å²) >= 11 is 0. The van der Waals surface area contributed by atoms with E-state index in [-0.39, 0.29) is 5.91 Å². The first-order valence-electron chi connectivity index (χ1n) is 14.5. The molecule has 1 fully saturated rings. The van der Waals surface area contributed by atoms with Crippen molar-refractivity contribution in [2.75, 3.05) is 63.0 Å². The first-order chi connectivity index (χ1) is 21.9. The molecule has 5 aromatic rings. The van der Waals surface area contributed by atoms with E-state index in [1.54, 1.807) is 51.7 Å². The third-order valence-electron chi connectivity index (χ3n) is 7.46. The van der Waals surface area contributed by atoms with E-state index in [1.165, 1.54) is 4.90 Å². The van der Waals surface area contributed by atoms with Crippen molar-refractivity contribution in [3.63, 3.8) is 0 Å². The van der Waals surface area contributed by atoms with Crippen LogP contribution in [0.25, 0.3) is 33.4 Å². The van der Waals surface area contributed by atoms with Crippen molar-refractivity contribution in [3.8, 4) is 28.4 Å². The Balaban J connectivity index is 1.25. The molecule has 3 amide bonds. The van der Waals surface area contributed by atoms with Crippen molar-refractivity contribution >= 4 is 40.0 Å². The minimum atomic E-state index is -0.399. The number of carbonyl (C=O) groups is 2. The fourth-order valence-electron chi connectivity index (χ4n) is 5.15. The van der Waals surface area contributed by atoms with Gasteiger partial charge in [0.1, 0.15) is 5.82 Å². The molecule has 1 aliphatic rings. The molecule has 0 saturated carbocycles. The van der Waals surface area contributed by atoms with E-state index in [4.69, 9.17) is 19.4 Å². The highest BCUT2D eigenvalue weighted by atomic mass is 16.5. The lowest BCUT2D eigenvalue weighted by atomic mass is 10.0. The Hall–Kier alpha value is -5.55. The number of rotatable bonds is 7. The molecule has 228 valence electrons. The lowest BCUT2D eigenvalue weighted by Gasteiger charge is -2.29. The molecular formula is C34H33N7O4. The molecule has 11 heteroatoms. The minimum Gasteiger partial charge on any atom is -0.481 e. The number of hydrogen-bond acceptors (Lipinski definition) is 8. The van der Waals surface area contributed by atoms with Crippen molar-refractivity contribution in [1.82, 2.24) is 19.9 Å². The number of fused-ring (bicyclic) bond motifs is 1. The second kappa shape index (κ2) is 13.0. The highest BCUT2D eigenvalue weighted by molar-refractivity contribution is 6.01. The van der Waals surface area contributed by atoms with Crippen molar-refractivity contribution in [3.05, 3.63) is 90.6 Å². The quantitative estimate of drug-likeness (QED) is 0.248. The van der Waals surface area contributed by atoms with Crippen LogP contribution < -0.4 is 20.3 Å². The first-order valence-corrected chi connectivity index (χ1v) is 14.5. The molecule has 0 spiro atoms. The number of urea groups is 1. The fraction of sp³-hybridized carbons (Fsp3) is 0.206. The predicted octanol–water partition coefficient (Wildman–Crippen LogP) is 5.55. The Labute approximate surface area is 260 Å². The maximum atomic E-state index is 12.7. The number of aromatic nitrogens is 3. The van der Waals surface area contributed by atoms with Gasteiger partial charge in [-0.2, -0.15) is 0 Å². The Morgan fingerprint density at radius 3 is 2.20 bits per heavy atom. The minimum absolute atomic E-state index is 0.104. The Morgan fingerprint density at radius 1 is 0.867 bits per heavy atom. The van der Waals surface area contributed by atoms with Gasteiger partial charge in [0, 0.05) is 66.8 Å². The number of anilines is 3. The second-order valence-electron chi connectivity index (χ2n) is 10.7. The fourth-order valence-corrected chi connectivity index (χ4v) is 5.15. The van der Waals surface area contributed by atoms with Gasteiger partial charge in [-0.25, -0.2) is 19.7 Å². The summed E-state index contributed by atoms with van der Waals surface area (Å²) in [5.74, 6) is 1.86. The average molecular weight is 604 g/mol. The van der Waals surface area contributed by atoms with E-state index >= 15 is 0 Å². The van der Waals surface area contributed by atoms with Crippen molar-refractivity contribution in [2.24, 2.45) is 0 Å². The molecule has 0 atom stereocenters. The molecule has 1 saturated heterocycles. The monoisotopic (exact) mass is 603 g/mol. The summed E-state index contributed by atoms with van der Waals surface area (Å²) < 4.78 is 11.1. The number of ether oxygens (including phenoxy) is 2. The number of amides is 3. The zero-order chi connectivity index (χ0) is 31.3. The molecule has 0 aliphatic carbocycles. The van der Waals surface area contributed by atoms with Crippen LogP contribution in [0.5, 0.6) is 5.88 Å². The largest absolute Gasteiger partial charge is 0.481 e. The third-order valence-corrected chi connectivity index (χ3v) is 7.46. The normalized spacial score (nSPS) is 12.9. The lowest BCUT2D eigenvalue weighted by Crippen LogP contribution is -2.37. The zero-order valence-electron chi connectivity index (χ0n) is 25.3. The van der Waals surface area contributed by atoms with Crippen LogP contribution in [0.4, 0.5) is 22.0 Å². The Bertz CT molecular complexity index is 1840. The highest BCUT2D eigenvalue weighted by Gasteiger charge is 2.19. The van der Waals surface area contributed by atoms with Crippen molar-refractivity contribution < 1.29 is 19.1 Å². The van der Waals surface area contributed by atoms with E-state index in [0.29, 0.717) is 41.9 Å². The van der Waals surface area contributed by atoms with Crippen LogP contribution in [0, 0.1) is 0 Å². The number of benzene rings is 3. The molecule has 0 radical (unpaired) electrons.